The lowest BCUT2D eigenvalue weighted by Crippen LogP contribution is -2.27. The number of benzene rings is 1. The van der Waals surface area contributed by atoms with Crippen LogP contribution in [-0.2, 0) is 0 Å². The average Bonchev–Trinajstić information content (AvgIpc) is 2.28. The first kappa shape index (κ1) is 13.8. The predicted octanol–water partition coefficient (Wildman–Crippen LogP) is 4.71. The number of halogens is 2. The molecular formula is C15H21ClFN. The molecule has 1 aromatic carbocycles. The summed E-state index contributed by atoms with van der Waals surface area (Å²) in [5.41, 5.74) is 1.04. The minimum absolute atomic E-state index is 0.262. The van der Waals surface area contributed by atoms with Gasteiger partial charge in [-0.15, -0.1) is 0 Å². The lowest BCUT2D eigenvalue weighted by atomic mass is 9.79. The molecule has 100 valence electrons. The Kier molecular flexibility index (Phi) is 5.02. The smallest absolute Gasteiger partial charge is 0.124 e. The van der Waals surface area contributed by atoms with Crippen LogP contribution in [0.4, 0.5) is 4.39 Å². The van der Waals surface area contributed by atoms with E-state index in [1.807, 2.05) is 6.07 Å². The fourth-order valence-corrected chi connectivity index (χ4v) is 2.78. The highest BCUT2D eigenvalue weighted by atomic mass is 35.5. The minimum atomic E-state index is -0.262. The fraction of sp³-hybridized carbons (Fsp3) is 0.600. The number of hydrogen-bond acceptors (Lipinski definition) is 1. The third kappa shape index (κ3) is 3.46. The zero-order chi connectivity index (χ0) is 13.0. The van der Waals surface area contributed by atoms with Gasteiger partial charge in [0, 0.05) is 11.1 Å². The van der Waals surface area contributed by atoms with Crippen molar-refractivity contribution in [3.8, 4) is 0 Å². The van der Waals surface area contributed by atoms with Gasteiger partial charge in [0.1, 0.15) is 5.82 Å². The number of hydrogen-bond donors (Lipinski definition) is 1. The summed E-state index contributed by atoms with van der Waals surface area (Å²) in [4.78, 5) is 0. The Morgan fingerprint density at radius 1 is 1.44 bits per heavy atom. The van der Waals surface area contributed by atoms with E-state index < -0.39 is 0 Å². The Bertz CT molecular complexity index is 390. The second-order valence-electron chi connectivity index (χ2n) is 5.21. The van der Waals surface area contributed by atoms with Gasteiger partial charge in [0.2, 0.25) is 0 Å². The van der Waals surface area contributed by atoms with Crippen LogP contribution in [-0.4, -0.2) is 6.54 Å². The molecule has 1 saturated carbocycles. The molecule has 0 radical (unpaired) electrons. The van der Waals surface area contributed by atoms with Gasteiger partial charge in [-0.2, -0.15) is 0 Å². The van der Waals surface area contributed by atoms with Gasteiger partial charge in [-0.1, -0.05) is 43.9 Å². The molecule has 1 unspecified atom stereocenters. The fourth-order valence-electron chi connectivity index (χ4n) is 2.48. The largest absolute Gasteiger partial charge is 0.310 e. The van der Waals surface area contributed by atoms with Crippen molar-refractivity contribution in [1.82, 2.24) is 5.32 Å². The van der Waals surface area contributed by atoms with Crippen molar-refractivity contribution in [3.63, 3.8) is 0 Å². The molecule has 1 aliphatic carbocycles. The molecule has 0 bridgehead atoms. The van der Waals surface area contributed by atoms with Crippen molar-refractivity contribution in [3.05, 3.63) is 34.6 Å². The second kappa shape index (κ2) is 6.53. The van der Waals surface area contributed by atoms with E-state index in [4.69, 9.17) is 11.6 Å². The molecule has 0 saturated heterocycles. The summed E-state index contributed by atoms with van der Waals surface area (Å²) < 4.78 is 13.1. The van der Waals surface area contributed by atoms with Gasteiger partial charge < -0.3 is 5.32 Å². The van der Waals surface area contributed by atoms with Gasteiger partial charge in [-0.05, 0) is 43.0 Å². The number of nitrogens with one attached hydrogen (secondary N) is 1. The maximum Gasteiger partial charge on any atom is 0.124 e. The third-order valence-corrected chi connectivity index (χ3v) is 4.10. The maximum atomic E-state index is 13.1. The van der Waals surface area contributed by atoms with Crippen LogP contribution < -0.4 is 5.32 Å². The predicted molar refractivity (Wildman–Crippen MR) is 74.4 cm³/mol. The molecule has 0 aromatic heterocycles. The average molecular weight is 270 g/mol. The minimum Gasteiger partial charge on any atom is -0.310 e. The van der Waals surface area contributed by atoms with Crippen molar-refractivity contribution < 1.29 is 4.39 Å². The molecule has 0 heterocycles. The molecule has 1 N–H and O–H groups in total. The van der Waals surface area contributed by atoms with E-state index in [-0.39, 0.29) is 11.9 Å². The van der Waals surface area contributed by atoms with Gasteiger partial charge in [-0.3, -0.25) is 0 Å². The topological polar surface area (TPSA) is 12.0 Å². The van der Waals surface area contributed by atoms with Crippen LogP contribution in [0.25, 0.3) is 0 Å². The Labute approximate surface area is 114 Å². The van der Waals surface area contributed by atoms with Gasteiger partial charge in [0.25, 0.3) is 0 Å². The molecule has 0 amide bonds. The van der Waals surface area contributed by atoms with Gasteiger partial charge in [0.15, 0.2) is 0 Å². The Morgan fingerprint density at radius 3 is 2.78 bits per heavy atom. The Hall–Kier alpha value is -0.600. The van der Waals surface area contributed by atoms with Crippen LogP contribution in [0.15, 0.2) is 18.2 Å². The molecule has 1 nitrogen and oxygen atoms in total. The molecule has 0 aliphatic heterocycles. The molecule has 1 aliphatic rings. The summed E-state index contributed by atoms with van der Waals surface area (Å²) in [6.45, 7) is 3.13. The molecule has 2 rings (SSSR count). The van der Waals surface area contributed by atoms with Crippen molar-refractivity contribution in [2.75, 3.05) is 6.54 Å². The first-order chi connectivity index (χ1) is 8.70. The van der Waals surface area contributed by atoms with E-state index in [0.29, 0.717) is 5.02 Å². The highest BCUT2D eigenvalue weighted by Gasteiger charge is 2.24. The standard InChI is InChI=1S/C15H21ClFN/c1-2-8-18-15(9-11-4-3-5-11)13-7-6-12(17)10-14(13)16/h6-7,10-11,15,18H,2-5,8-9H2,1H3. The van der Waals surface area contributed by atoms with Crippen LogP contribution in [0.3, 0.4) is 0 Å². The van der Waals surface area contributed by atoms with E-state index >= 15 is 0 Å². The summed E-state index contributed by atoms with van der Waals surface area (Å²) in [7, 11) is 0. The van der Waals surface area contributed by atoms with Crippen LogP contribution in [0.5, 0.6) is 0 Å². The SMILES string of the molecule is CCCNC(CC1CCC1)c1ccc(F)cc1Cl. The lowest BCUT2D eigenvalue weighted by molar-refractivity contribution is 0.261. The first-order valence-corrected chi connectivity index (χ1v) is 7.26. The van der Waals surface area contributed by atoms with Crippen LogP contribution >= 0.6 is 11.6 Å². The monoisotopic (exact) mass is 269 g/mol. The lowest BCUT2D eigenvalue weighted by Gasteiger charge is -2.31. The van der Waals surface area contributed by atoms with E-state index in [1.165, 1.54) is 31.4 Å². The van der Waals surface area contributed by atoms with Crippen LogP contribution in [0.1, 0.15) is 50.6 Å². The highest BCUT2D eigenvalue weighted by molar-refractivity contribution is 6.31. The normalized spacial score (nSPS) is 17.5. The molecular weight excluding hydrogens is 249 g/mol. The van der Waals surface area contributed by atoms with Crippen molar-refractivity contribution >= 4 is 11.6 Å². The summed E-state index contributed by atoms with van der Waals surface area (Å²) >= 11 is 6.17. The molecule has 1 aromatic rings. The summed E-state index contributed by atoms with van der Waals surface area (Å²) in [6, 6.07) is 5.01. The van der Waals surface area contributed by atoms with Crippen molar-refractivity contribution in [2.24, 2.45) is 5.92 Å². The van der Waals surface area contributed by atoms with E-state index in [9.17, 15) is 4.39 Å². The summed E-state index contributed by atoms with van der Waals surface area (Å²) in [5, 5.41) is 4.08. The molecule has 18 heavy (non-hydrogen) atoms. The second-order valence-corrected chi connectivity index (χ2v) is 5.61. The Balaban J connectivity index is 2.09. The van der Waals surface area contributed by atoms with Crippen molar-refractivity contribution in [1.29, 1.82) is 0 Å². The van der Waals surface area contributed by atoms with Crippen LogP contribution in [0.2, 0.25) is 5.02 Å². The quantitative estimate of drug-likeness (QED) is 0.789. The first-order valence-electron chi connectivity index (χ1n) is 6.89. The molecule has 1 fully saturated rings. The van der Waals surface area contributed by atoms with Gasteiger partial charge >= 0.3 is 0 Å². The van der Waals surface area contributed by atoms with Gasteiger partial charge in [-0.25, -0.2) is 4.39 Å². The van der Waals surface area contributed by atoms with Gasteiger partial charge in [0.05, 0.1) is 0 Å². The van der Waals surface area contributed by atoms with E-state index in [0.717, 1.165) is 30.9 Å². The van der Waals surface area contributed by atoms with Crippen LogP contribution in [0, 0.1) is 11.7 Å². The molecule has 1 atom stereocenters. The zero-order valence-electron chi connectivity index (χ0n) is 10.9. The maximum absolute atomic E-state index is 13.1. The third-order valence-electron chi connectivity index (χ3n) is 3.77. The highest BCUT2D eigenvalue weighted by Crippen LogP contribution is 2.36. The molecule has 3 heteroatoms. The van der Waals surface area contributed by atoms with Crippen molar-refractivity contribution in [2.45, 2.75) is 45.1 Å². The zero-order valence-corrected chi connectivity index (χ0v) is 11.6. The summed E-state index contributed by atoms with van der Waals surface area (Å²) in [6.07, 6.45) is 6.21. The molecule has 0 spiro atoms. The van der Waals surface area contributed by atoms with E-state index in [2.05, 4.69) is 12.2 Å². The number of rotatable bonds is 6. The summed E-state index contributed by atoms with van der Waals surface area (Å²) in [5.74, 6) is 0.544. The Morgan fingerprint density at radius 2 is 2.22 bits per heavy atom. The van der Waals surface area contributed by atoms with E-state index in [1.54, 1.807) is 0 Å².